The second-order valence-electron chi connectivity index (χ2n) is 9.65. The molecule has 148 valence electrons. The Bertz CT molecular complexity index is 742. The summed E-state index contributed by atoms with van der Waals surface area (Å²) in [6.07, 6.45) is 13.9. The highest BCUT2D eigenvalue weighted by Crippen LogP contribution is 2.91. The van der Waals surface area contributed by atoms with E-state index in [0.717, 1.165) is 30.1 Å². The molecule has 4 unspecified atom stereocenters. The molecule has 0 N–H and O–H groups in total. The third-order valence-corrected chi connectivity index (χ3v) is 12.3. The standard InChI is InChI=1S/C26H40P/c1-9-11-19(5)20(6)15-21(7)27-16-18(4)14-25(27)26-23(22(8)17(2)3)12-10-13-24(26)27/h11,13,15,17-18,22-23H,7,9-10,12,14,16H2,1-6,8H3/q+1/b19-11-,20-15-. The van der Waals surface area contributed by atoms with Crippen LogP contribution in [0.5, 0.6) is 0 Å². The fraction of sp³-hybridized carbons (Fsp3) is 0.615. The summed E-state index contributed by atoms with van der Waals surface area (Å²) in [5, 5.41) is 5.09. The van der Waals surface area contributed by atoms with Gasteiger partial charge in [-0.1, -0.05) is 52.8 Å². The lowest BCUT2D eigenvalue weighted by molar-refractivity contribution is 0.296. The first kappa shape index (κ1) is 20.9. The van der Waals surface area contributed by atoms with Gasteiger partial charge in [-0.15, -0.1) is 0 Å². The Morgan fingerprint density at radius 1 is 1.26 bits per heavy atom. The van der Waals surface area contributed by atoms with Gasteiger partial charge in [-0.2, -0.15) is 0 Å². The van der Waals surface area contributed by atoms with E-state index in [2.05, 4.69) is 66.7 Å². The van der Waals surface area contributed by atoms with E-state index in [-0.39, 0.29) is 0 Å². The van der Waals surface area contributed by atoms with E-state index in [1.54, 1.807) is 10.9 Å². The summed E-state index contributed by atoms with van der Waals surface area (Å²) in [5.74, 6) is 3.16. The fourth-order valence-electron chi connectivity index (χ4n) is 5.58. The van der Waals surface area contributed by atoms with Crippen LogP contribution in [0.1, 0.15) is 74.1 Å². The zero-order valence-electron chi connectivity index (χ0n) is 18.7. The minimum Gasteiger partial charge on any atom is -0.0816 e. The van der Waals surface area contributed by atoms with Crippen molar-refractivity contribution in [3.05, 3.63) is 57.5 Å². The van der Waals surface area contributed by atoms with Crippen molar-refractivity contribution in [2.75, 3.05) is 6.16 Å². The van der Waals surface area contributed by atoms with Crippen LogP contribution in [0.15, 0.2) is 57.5 Å². The minimum absolute atomic E-state index is 0.766. The quantitative estimate of drug-likeness (QED) is 0.318. The summed E-state index contributed by atoms with van der Waals surface area (Å²) in [7, 11) is -1.29. The summed E-state index contributed by atoms with van der Waals surface area (Å²) in [6, 6.07) is 0. The van der Waals surface area contributed by atoms with Gasteiger partial charge in [0, 0.05) is 12.0 Å². The highest BCUT2D eigenvalue weighted by molar-refractivity contribution is 7.89. The van der Waals surface area contributed by atoms with E-state index < -0.39 is 7.26 Å². The third-order valence-electron chi connectivity index (χ3n) is 7.46. The normalized spacial score (nSPS) is 32.1. The Balaban J connectivity index is 2.01. The Morgan fingerprint density at radius 3 is 2.59 bits per heavy atom. The van der Waals surface area contributed by atoms with Gasteiger partial charge in [-0.3, -0.25) is 0 Å². The summed E-state index contributed by atoms with van der Waals surface area (Å²) in [5.41, 5.74) is 4.62. The van der Waals surface area contributed by atoms with Crippen molar-refractivity contribution >= 4 is 7.26 Å². The lowest BCUT2D eigenvalue weighted by Crippen LogP contribution is -2.29. The van der Waals surface area contributed by atoms with Gasteiger partial charge in [0.1, 0.15) is 12.6 Å². The molecule has 0 radical (unpaired) electrons. The van der Waals surface area contributed by atoms with Gasteiger partial charge in [0.2, 0.25) is 0 Å². The number of allylic oxidation sites excluding steroid dienone is 9. The van der Waals surface area contributed by atoms with Crippen molar-refractivity contribution in [2.45, 2.75) is 74.1 Å². The number of rotatable bonds is 6. The molecule has 1 saturated heterocycles. The number of hydrogen-bond acceptors (Lipinski definition) is 0. The molecular weight excluding hydrogens is 343 g/mol. The summed E-state index contributed by atoms with van der Waals surface area (Å²) < 4.78 is 0. The minimum atomic E-state index is -1.29. The highest BCUT2D eigenvalue weighted by atomic mass is 31.2. The summed E-state index contributed by atoms with van der Waals surface area (Å²) in [4.78, 5) is 0. The monoisotopic (exact) mass is 383 g/mol. The molecule has 2 aliphatic heterocycles. The maximum absolute atomic E-state index is 4.69. The average Bonchev–Trinajstić information content (AvgIpc) is 2.92. The SMILES string of the molecule is C=C(/C=C(C)\C(C)=C/CC)[P+]12CC(C)CC1=C1C2=CCCC1C(C)C(C)C. The molecule has 2 heterocycles. The molecule has 0 aromatic heterocycles. The number of fused-ring (bicyclic) bond motifs is 3. The van der Waals surface area contributed by atoms with E-state index in [4.69, 9.17) is 6.58 Å². The molecule has 1 aliphatic carbocycles. The van der Waals surface area contributed by atoms with Crippen molar-refractivity contribution in [1.82, 2.24) is 0 Å². The molecule has 0 aromatic carbocycles. The van der Waals surface area contributed by atoms with E-state index in [1.165, 1.54) is 41.9 Å². The van der Waals surface area contributed by atoms with Gasteiger partial charge >= 0.3 is 0 Å². The molecule has 0 nitrogen and oxygen atoms in total. The Kier molecular flexibility index (Phi) is 6.08. The Labute approximate surface area is 168 Å². The first-order chi connectivity index (χ1) is 12.7. The predicted octanol–water partition coefficient (Wildman–Crippen LogP) is 8.71. The molecule has 3 rings (SSSR count). The van der Waals surface area contributed by atoms with Crippen LogP contribution in [0.2, 0.25) is 0 Å². The second-order valence-corrected chi connectivity index (χ2v) is 13.2. The van der Waals surface area contributed by atoms with Crippen molar-refractivity contribution in [1.29, 1.82) is 0 Å². The van der Waals surface area contributed by atoms with E-state index in [1.807, 2.05) is 5.31 Å². The largest absolute Gasteiger partial charge is 0.108 e. The maximum atomic E-state index is 4.69. The molecule has 1 fully saturated rings. The first-order valence-electron chi connectivity index (χ1n) is 11.1. The van der Waals surface area contributed by atoms with Gasteiger partial charge in [0.05, 0.1) is 16.8 Å². The molecular formula is C26H40P+. The van der Waals surface area contributed by atoms with Crippen molar-refractivity contribution in [3.63, 3.8) is 0 Å². The number of hydrogen-bond donors (Lipinski definition) is 0. The summed E-state index contributed by atoms with van der Waals surface area (Å²) >= 11 is 0. The Hall–Kier alpha value is -0.870. The predicted molar refractivity (Wildman–Crippen MR) is 124 cm³/mol. The topological polar surface area (TPSA) is 0 Å². The van der Waals surface area contributed by atoms with Crippen LogP contribution in [-0.4, -0.2) is 6.16 Å². The molecule has 1 heteroatoms. The van der Waals surface area contributed by atoms with Gasteiger partial charge < -0.3 is 0 Å². The lowest BCUT2D eigenvalue weighted by Gasteiger charge is -2.45. The van der Waals surface area contributed by atoms with Gasteiger partial charge in [-0.25, -0.2) is 0 Å². The molecule has 0 spiro atoms. The maximum Gasteiger partial charge on any atom is 0.108 e. The smallest absolute Gasteiger partial charge is 0.0816 e. The highest BCUT2D eigenvalue weighted by Gasteiger charge is 2.65. The fourth-order valence-corrected chi connectivity index (χ4v) is 11.0. The van der Waals surface area contributed by atoms with Crippen LogP contribution in [0, 0.1) is 23.7 Å². The molecule has 27 heavy (non-hydrogen) atoms. The molecule has 0 amide bonds. The van der Waals surface area contributed by atoms with Crippen molar-refractivity contribution in [3.8, 4) is 0 Å². The van der Waals surface area contributed by atoms with Crippen molar-refractivity contribution < 1.29 is 0 Å². The zero-order chi connectivity index (χ0) is 19.9. The molecule has 3 aliphatic rings. The zero-order valence-corrected chi connectivity index (χ0v) is 19.6. The summed E-state index contributed by atoms with van der Waals surface area (Å²) in [6.45, 7) is 21.2. The first-order valence-corrected chi connectivity index (χ1v) is 13.1. The van der Waals surface area contributed by atoms with Crippen LogP contribution in [-0.2, 0) is 0 Å². The van der Waals surface area contributed by atoms with Crippen LogP contribution in [0.25, 0.3) is 0 Å². The van der Waals surface area contributed by atoms with E-state index >= 15 is 0 Å². The van der Waals surface area contributed by atoms with Crippen molar-refractivity contribution in [2.24, 2.45) is 23.7 Å². The molecule has 0 aromatic rings. The van der Waals surface area contributed by atoms with Gasteiger partial charge in [0.25, 0.3) is 0 Å². The molecule has 0 bridgehead atoms. The van der Waals surface area contributed by atoms with Gasteiger partial charge in [0.15, 0.2) is 0 Å². The molecule has 0 saturated carbocycles. The van der Waals surface area contributed by atoms with E-state index in [9.17, 15) is 0 Å². The van der Waals surface area contributed by atoms with E-state index in [0.29, 0.717) is 0 Å². The third kappa shape index (κ3) is 3.37. The van der Waals surface area contributed by atoms with Gasteiger partial charge in [-0.05, 0) is 74.5 Å². The lowest BCUT2D eigenvalue weighted by atomic mass is 9.74. The molecule has 4 atom stereocenters. The van der Waals surface area contributed by atoms with Crippen LogP contribution >= 0.6 is 7.26 Å². The van der Waals surface area contributed by atoms with Crippen LogP contribution in [0.4, 0.5) is 0 Å². The average molecular weight is 384 g/mol. The van der Waals surface area contributed by atoms with Crippen LogP contribution in [0.3, 0.4) is 0 Å². The second kappa shape index (κ2) is 7.87. The Morgan fingerprint density at radius 2 is 1.96 bits per heavy atom. The van der Waals surface area contributed by atoms with Crippen LogP contribution < -0.4 is 0 Å².